The van der Waals surface area contributed by atoms with E-state index in [-0.39, 0.29) is 12.3 Å². The van der Waals surface area contributed by atoms with Gasteiger partial charge in [-0.15, -0.1) is 0 Å². The minimum absolute atomic E-state index is 0.208. The first-order valence-electron chi connectivity index (χ1n) is 9.46. The van der Waals surface area contributed by atoms with Gasteiger partial charge in [-0.3, -0.25) is 4.79 Å². The molecule has 1 aromatic heterocycles. The van der Waals surface area contributed by atoms with E-state index in [9.17, 15) is 9.59 Å². The monoisotopic (exact) mass is 447 g/mol. The lowest BCUT2D eigenvalue weighted by molar-refractivity contribution is -0.145. The van der Waals surface area contributed by atoms with Crippen LogP contribution in [0.25, 0.3) is 10.9 Å². The molecule has 8 heteroatoms. The zero-order valence-electron chi connectivity index (χ0n) is 16.7. The van der Waals surface area contributed by atoms with Crippen LogP contribution in [0.15, 0.2) is 54.7 Å². The molecule has 0 aliphatic carbocycles. The summed E-state index contributed by atoms with van der Waals surface area (Å²) in [4.78, 5) is 26.7. The third-order valence-corrected chi connectivity index (χ3v) is 4.88. The Bertz CT molecular complexity index is 960. The molecule has 3 rings (SSSR count). The van der Waals surface area contributed by atoms with Crippen LogP contribution >= 0.6 is 24.2 Å². The first-order valence-corrected chi connectivity index (χ1v) is 10.5. The number of amides is 1. The van der Waals surface area contributed by atoms with E-state index in [4.69, 9.17) is 22.1 Å². The molecule has 0 saturated heterocycles. The number of aromatic nitrogens is 1. The van der Waals surface area contributed by atoms with E-state index in [0.717, 1.165) is 27.1 Å². The van der Waals surface area contributed by atoms with Crippen molar-refractivity contribution in [2.45, 2.75) is 25.4 Å². The Hall–Kier alpha value is -2.48. The first kappa shape index (κ1) is 23.8. The fraction of sp³-hybridized carbons (Fsp3) is 0.273. The Morgan fingerprint density at radius 2 is 1.90 bits per heavy atom. The summed E-state index contributed by atoms with van der Waals surface area (Å²) >= 11 is 9.64. The number of carbonyl (C=O) groups excluding carboxylic acids is 2. The maximum Gasteiger partial charge on any atom is 0.328 e. The summed E-state index contributed by atoms with van der Waals surface area (Å²) in [7, 11) is 1.31. The molecule has 0 aliphatic heterocycles. The molecule has 0 spiro atoms. The van der Waals surface area contributed by atoms with Crippen molar-refractivity contribution in [1.29, 1.82) is 0 Å². The second kappa shape index (κ2) is 12.3. The van der Waals surface area contributed by atoms with Gasteiger partial charge in [0.15, 0.2) is 0 Å². The lowest BCUT2D eigenvalue weighted by Gasteiger charge is -2.16. The average molecular weight is 448 g/mol. The highest BCUT2D eigenvalue weighted by Crippen LogP contribution is 2.19. The summed E-state index contributed by atoms with van der Waals surface area (Å²) in [5.41, 5.74) is 8.43. The molecule has 0 unspecified atom stereocenters. The normalized spacial score (nSPS) is 11.3. The summed E-state index contributed by atoms with van der Waals surface area (Å²) in [6.07, 6.45) is 2.50. The Morgan fingerprint density at radius 3 is 2.53 bits per heavy atom. The second-order valence-corrected chi connectivity index (χ2v) is 7.39. The number of methoxy groups -OCH3 is 1. The minimum atomic E-state index is -0.693. The van der Waals surface area contributed by atoms with Crippen molar-refractivity contribution in [2.75, 3.05) is 12.9 Å². The van der Waals surface area contributed by atoms with Gasteiger partial charge in [-0.1, -0.05) is 41.9 Å². The number of esters is 1. The number of nitrogens with one attached hydrogen (secondary N) is 2. The van der Waals surface area contributed by atoms with Crippen molar-refractivity contribution in [3.8, 4) is 0 Å². The van der Waals surface area contributed by atoms with Crippen molar-refractivity contribution in [3.63, 3.8) is 0 Å². The number of thiol groups is 1. The number of rotatable bonds is 7. The number of halogens is 1. The number of H-pyrrole nitrogens is 1. The molecule has 2 aromatic carbocycles. The number of carbonyl (C=O) groups is 2. The summed E-state index contributed by atoms with van der Waals surface area (Å²) in [6.45, 7) is 0.581. The molecule has 0 bridgehead atoms. The predicted octanol–water partition coefficient (Wildman–Crippen LogP) is 3.49. The molecule has 0 radical (unpaired) electrons. The second-order valence-electron chi connectivity index (χ2n) is 6.51. The maximum atomic E-state index is 11.8. The van der Waals surface area contributed by atoms with Gasteiger partial charge in [-0.25, -0.2) is 4.79 Å². The molecule has 1 heterocycles. The molecule has 30 heavy (non-hydrogen) atoms. The van der Waals surface area contributed by atoms with Crippen LogP contribution in [-0.4, -0.2) is 35.8 Å². The number of hydrogen-bond donors (Lipinski definition) is 4. The number of hydrogen-bond acceptors (Lipinski definition) is 5. The minimum Gasteiger partial charge on any atom is -0.467 e. The molecule has 1 atom stereocenters. The molecule has 6 nitrogen and oxygen atoms in total. The van der Waals surface area contributed by atoms with E-state index in [1.807, 2.05) is 54.7 Å². The van der Waals surface area contributed by atoms with Crippen LogP contribution in [0, 0.1) is 0 Å². The lowest BCUT2D eigenvalue weighted by Crippen LogP contribution is -2.43. The van der Waals surface area contributed by atoms with Crippen LogP contribution in [0.5, 0.6) is 0 Å². The number of ether oxygens (including phenoxy) is 1. The molecule has 1 amide bonds. The largest absolute Gasteiger partial charge is 0.467 e. The van der Waals surface area contributed by atoms with Gasteiger partial charge in [0.25, 0.3) is 0 Å². The van der Waals surface area contributed by atoms with E-state index in [0.29, 0.717) is 18.7 Å². The number of aromatic amines is 1. The molecule has 4 N–H and O–H groups in total. The van der Waals surface area contributed by atoms with Crippen molar-refractivity contribution < 1.29 is 14.3 Å². The number of nitrogens with two attached hydrogens (primary N) is 1. The van der Waals surface area contributed by atoms with Crippen LogP contribution in [-0.2, 0) is 27.3 Å². The van der Waals surface area contributed by atoms with Crippen LogP contribution in [0.3, 0.4) is 0 Å². The summed E-state index contributed by atoms with van der Waals surface area (Å²) < 4.78 is 4.77. The number of fused-ring (bicyclic) bond motifs is 1. The number of para-hydroxylation sites is 1. The van der Waals surface area contributed by atoms with E-state index in [2.05, 4.69) is 22.9 Å². The molecule has 160 valence electrons. The Labute approximate surface area is 186 Å². The Morgan fingerprint density at radius 1 is 1.20 bits per heavy atom. The third-order valence-electron chi connectivity index (χ3n) is 4.41. The zero-order valence-corrected chi connectivity index (χ0v) is 18.4. The lowest BCUT2D eigenvalue weighted by atomic mass is 10.0. The third kappa shape index (κ3) is 7.09. The van der Waals surface area contributed by atoms with Crippen LogP contribution < -0.4 is 11.1 Å². The molecular weight excluding hydrogens is 422 g/mol. The van der Waals surface area contributed by atoms with Gasteiger partial charge in [0.2, 0.25) is 5.91 Å². The van der Waals surface area contributed by atoms with E-state index < -0.39 is 12.0 Å². The molecule has 3 aromatic rings. The van der Waals surface area contributed by atoms with Gasteiger partial charge in [0.05, 0.1) is 7.11 Å². The Kier molecular flexibility index (Phi) is 9.73. The number of benzene rings is 2. The van der Waals surface area contributed by atoms with E-state index in [1.165, 1.54) is 7.11 Å². The quantitative estimate of drug-likeness (QED) is 0.329. The van der Waals surface area contributed by atoms with Crippen molar-refractivity contribution >= 4 is 47.0 Å². The fourth-order valence-corrected chi connectivity index (χ4v) is 3.17. The topological polar surface area (TPSA) is 97.2 Å². The maximum absolute atomic E-state index is 11.8. The van der Waals surface area contributed by atoms with Crippen LogP contribution in [0.2, 0.25) is 5.02 Å². The fourth-order valence-electron chi connectivity index (χ4n) is 2.84. The van der Waals surface area contributed by atoms with Gasteiger partial charge in [0, 0.05) is 41.5 Å². The van der Waals surface area contributed by atoms with Gasteiger partial charge < -0.3 is 20.8 Å². The predicted molar refractivity (Wildman–Crippen MR) is 124 cm³/mol. The summed E-state index contributed by atoms with van der Waals surface area (Å²) in [6, 6.07) is 14.6. The summed E-state index contributed by atoms with van der Waals surface area (Å²) in [5.74, 6) is -0.222. The average Bonchev–Trinajstić information content (AvgIpc) is 3.17. The smallest absolute Gasteiger partial charge is 0.328 e. The summed E-state index contributed by atoms with van der Waals surface area (Å²) in [5, 5.41) is 4.49. The van der Waals surface area contributed by atoms with Gasteiger partial charge in [-0.2, -0.15) is 12.6 Å². The van der Waals surface area contributed by atoms with Crippen LogP contribution in [0.4, 0.5) is 0 Å². The standard InChI is InChI=1S/C15H18N2O3S.C7H8ClN/c1-20-15(19)13(17-14(18)6-7-21)8-10-9-16-12-5-3-2-4-11(10)12;8-7-3-1-6(5-9)2-4-7/h2-5,9,13,16,21H,6-8H2,1H3,(H,17,18);1-4H,5,9H2/t13-;/m0./s1. The highest BCUT2D eigenvalue weighted by molar-refractivity contribution is 7.80. The highest BCUT2D eigenvalue weighted by atomic mass is 35.5. The van der Waals surface area contributed by atoms with Crippen molar-refractivity contribution in [2.24, 2.45) is 5.73 Å². The first-order chi connectivity index (χ1) is 14.5. The SMILES string of the molecule is COC(=O)[C@H](Cc1c[nH]c2ccccc12)NC(=O)CCS.NCc1ccc(Cl)cc1. The molecule has 0 saturated carbocycles. The highest BCUT2D eigenvalue weighted by Gasteiger charge is 2.22. The van der Waals surface area contributed by atoms with Gasteiger partial charge >= 0.3 is 5.97 Å². The van der Waals surface area contributed by atoms with E-state index in [1.54, 1.807) is 0 Å². The van der Waals surface area contributed by atoms with Crippen LogP contribution in [0.1, 0.15) is 17.5 Å². The van der Waals surface area contributed by atoms with Crippen molar-refractivity contribution in [1.82, 2.24) is 10.3 Å². The van der Waals surface area contributed by atoms with Gasteiger partial charge in [-0.05, 0) is 35.1 Å². The zero-order chi connectivity index (χ0) is 21.9. The van der Waals surface area contributed by atoms with Crippen molar-refractivity contribution in [3.05, 3.63) is 70.9 Å². The molecular formula is C22H26ClN3O3S. The molecule has 0 fully saturated rings. The Balaban J connectivity index is 0.000000297. The molecule has 0 aliphatic rings. The van der Waals surface area contributed by atoms with Gasteiger partial charge in [0.1, 0.15) is 6.04 Å². The van der Waals surface area contributed by atoms with E-state index >= 15 is 0 Å².